The molecular formula is C17H25N3O2. The van der Waals surface area contributed by atoms with Crippen molar-refractivity contribution >= 4 is 0 Å². The summed E-state index contributed by atoms with van der Waals surface area (Å²) in [5, 5.41) is 4.11. The van der Waals surface area contributed by atoms with Gasteiger partial charge in [0.25, 0.3) is 0 Å². The smallest absolute Gasteiger partial charge is 0.223 e. The number of rotatable bonds is 3. The van der Waals surface area contributed by atoms with Crippen LogP contribution in [0.5, 0.6) is 0 Å². The minimum Gasteiger partial charge on any atom is -0.465 e. The number of likely N-dealkylation sites (tertiary alicyclic amines) is 1. The Bertz CT molecular complexity index is 651. The van der Waals surface area contributed by atoms with Crippen LogP contribution in [0.3, 0.4) is 0 Å². The first-order valence-electron chi connectivity index (χ1n) is 7.98. The Hall–Kier alpha value is -1.62. The maximum Gasteiger partial charge on any atom is 0.223 e. The standard InChI is InChI=1S/C17H25N3O2/c1-11-13(9-15(21-11)17(3,4)5)10-20-8-6-7-14(20)16-18-12(2)22-19-16/h9,14H,6-8,10H2,1-5H3. The van der Waals surface area contributed by atoms with Crippen molar-refractivity contribution in [3.8, 4) is 0 Å². The number of hydrogen-bond donors (Lipinski definition) is 0. The average Bonchev–Trinajstić information content (AvgIpc) is 3.11. The quantitative estimate of drug-likeness (QED) is 0.860. The van der Waals surface area contributed by atoms with E-state index in [1.165, 1.54) is 12.0 Å². The molecule has 1 fully saturated rings. The highest BCUT2D eigenvalue weighted by molar-refractivity contribution is 5.25. The van der Waals surface area contributed by atoms with Gasteiger partial charge < -0.3 is 8.94 Å². The topological polar surface area (TPSA) is 55.3 Å². The van der Waals surface area contributed by atoms with Gasteiger partial charge in [0.1, 0.15) is 11.5 Å². The molecule has 1 unspecified atom stereocenters. The van der Waals surface area contributed by atoms with Gasteiger partial charge >= 0.3 is 0 Å². The van der Waals surface area contributed by atoms with Crippen LogP contribution in [0.25, 0.3) is 0 Å². The van der Waals surface area contributed by atoms with Crippen LogP contribution in [0.2, 0.25) is 0 Å². The van der Waals surface area contributed by atoms with Crippen molar-refractivity contribution in [1.82, 2.24) is 15.0 Å². The highest BCUT2D eigenvalue weighted by Crippen LogP contribution is 2.34. The summed E-state index contributed by atoms with van der Waals surface area (Å²) in [5.74, 6) is 3.51. The van der Waals surface area contributed by atoms with Gasteiger partial charge in [-0.15, -0.1) is 0 Å². The Morgan fingerprint density at radius 2 is 2.09 bits per heavy atom. The van der Waals surface area contributed by atoms with E-state index in [-0.39, 0.29) is 11.5 Å². The maximum absolute atomic E-state index is 5.96. The first-order valence-corrected chi connectivity index (χ1v) is 7.98. The van der Waals surface area contributed by atoms with E-state index in [9.17, 15) is 0 Å². The Morgan fingerprint density at radius 1 is 1.32 bits per heavy atom. The summed E-state index contributed by atoms with van der Waals surface area (Å²) in [7, 11) is 0. The van der Waals surface area contributed by atoms with Crippen LogP contribution in [0.4, 0.5) is 0 Å². The fourth-order valence-corrected chi connectivity index (χ4v) is 3.02. The van der Waals surface area contributed by atoms with Crippen LogP contribution in [0, 0.1) is 13.8 Å². The third kappa shape index (κ3) is 2.95. The molecule has 5 heteroatoms. The number of aromatic nitrogens is 2. The molecule has 0 radical (unpaired) electrons. The van der Waals surface area contributed by atoms with E-state index in [0.29, 0.717) is 5.89 Å². The lowest BCUT2D eigenvalue weighted by Gasteiger charge is -2.21. The van der Waals surface area contributed by atoms with Gasteiger partial charge in [-0.3, -0.25) is 4.90 Å². The monoisotopic (exact) mass is 303 g/mol. The molecule has 1 saturated heterocycles. The third-order valence-corrected chi connectivity index (χ3v) is 4.34. The zero-order chi connectivity index (χ0) is 15.9. The second-order valence-corrected chi connectivity index (χ2v) is 7.24. The van der Waals surface area contributed by atoms with Gasteiger partial charge in [-0.05, 0) is 32.4 Å². The van der Waals surface area contributed by atoms with Gasteiger partial charge in [0.05, 0.1) is 6.04 Å². The number of aryl methyl sites for hydroxylation is 2. The zero-order valence-corrected chi connectivity index (χ0v) is 14.1. The molecule has 0 aliphatic carbocycles. The predicted molar refractivity (Wildman–Crippen MR) is 83.6 cm³/mol. The zero-order valence-electron chi connectivity index (χ0n) is 14.1. The second-order valence-electron chi connectivity index (χ2n) is 7.24. The number of hydrogen-bond acceptors (Lipinski definition) is 5. The molecule has 3 heterocycles. The molecule has 1 atom stereocenters. The van der Waals surface area contributed by atoms with Crippen molar-refractivity contribution in [3.05, 3.63) is 34.9 Å². The summed E-state index contributed by atoms with van der Waals surface area (Å²) in [6.45, 7) is 12.4. The normalized spacial score (nSPS) is 20.0. The summed E-state index contributed by atoms with van der Waals surface area (Å²) in [4.78, 5) is 6.83. The lowest BCUT2D eigenvalue weighted by molar-refractivity contribution is 0.233. The molecule has 1 aliphatic rings. The minimum atomic E-state index is 0.0399. The van der Waals surface area contributed by atoms with Gasteiger partial charge in [0, 0.05) is 24.4 Å². The molecule has 0 aromatic carbocycles. The molecule has 22 heavy (non-hydrogen) atoms. The lowest BCUT2D eigenvalue weighted by Crippen LogP contribution is -2.23. The molecule has 5 nitrogen and oxygen atoms in total. The summed E-state index contributed by atoms with van der Waals surface area (Å²) >= 11 is 0. The van der Waals surface area contributed by atoms with Crippen LogP contribution in [-0.4, -0.2) is 21.6 Å². The van der Waals surface area contributed by atoms with Crippen LogP contribution < -0.4 is 0 Å². The Morgan fingerprint density at radius 3 is 2.68 bits per heavy atom. The molecule has 0 saturated carbocycles. The van der Waals surface area contributed by atoms with E-state index < -0.39 is 0 Å². The lowest BCUT2D eigenvalue weighted by atomic mass is 9.93. The highest BCUT2D eigenvalue weighted by Gasteiger charge is 2.31. The summed E-state index contributed by atoms with van der Waals surface area (Å²) in [5.41, 5.74) is 1.30. The summed E-state index contributed by atoms with van der Waals surface area (Å²) in [6.07, 6.45) is 2.25. The Balaban J connectivity index is 1.79. The van der Waals surface area contributed by atoms with E-state index in [4.69, 9.17) is 8.94 Å². The van der Waals surface area contributed by atoms with Crippen molar-refractivity contribution in [3.63, 3.8) is 0 Å². The molecule has 120 valence electrons. The summed E-state index contributed by atoms with van der Waals surface area (Å²) < 4.78 is 11.1. The Kier molecular flexibility index (Phi) is 3.85. The molecule has 3 rings (SSSR count). The Labute approximate surface area is 131 Å². The molecule has 0 bridgehead atoms. The largest absolute Gasteiger partial charge is 0.465 e. The minimum absolute atomic E-state index is 0.0399. The molecular weight excluding hydrogens is 278 g/mol. The van der Waals surface area contributed by atoms with Crippen molar-refractivity contribution in [2.24, 2.45) is 0 Å². The first kappa shape index (κ1) is 15.3. The van der Waals surface area contributed by atoms with Gasteiger partial charge in [-0.2, -0.15) is 4.98 Å². The van der Waals surface area contributed by atoms with Crippen LogP contribution in [-0.2, 0) is 12.0 Å². The molecule has 2 aromatic rings. The third-order valence-electron chi connectivity index (χ3n) is 4.34. The predicted octanol–water partition coefficient (Wildman–Crippen LogP) is 3.91. The van der Waals surface area contributed by atoms with E-state index in [2.05, 4.69) is 41.9 Å². The van der Waals surface area contributed by atoms with E-state index in [0.717, 1.165) is 36.9 Å². The van der Waals surface area contributed by atoms with E-state index >= 15 is 0 Å². The van der Waals surface area contributed by atoms with Crippen LogP contribution >= 0.6 is 0 Å². The van der Waals surface area contributed by atoms with Crippen molar-refractivity contribution in [1.29, 1.82) is 0 Å². The van der Waals surface area contributed by atoms with Gasteiger partial charge in [-0.25, -0.2) is 0 Å². The van der Waals surface area contributed by atoms with Gasteiger partial charge in [0.15, 0.2) is 5.82 Å². The summed E-state index contributed by atoms with van der Waals surface area (Å²) in [6, 6.07) is 2.46. The molecule has 0 N–H and O–H groups in total. The van der Waals surface area contributed by atoms with Crippen LogP contribution in [0.1, 0.15) is 68.5 Å². The molecule has 1 aliphatic heterocycles. The molecule has 2 aromatic heterocycles. The van der Waals surface area contributed by atoms with Crippen molar-refractivity contribution in [2.45, 2.75) is 65.5 Å². The first-order chi connectivity index (χ1) is 10.3. The SMILES string of the molecule is Cc1nc(C2CCCN2Cc2cc(C(C)(C)C)oc2C)no1. The number of nitrogens with zero attached hydrogens (tertiary/aromatic N) is 3. The highest BCUT2D eigenvalue weighted by atomic mass is 16.5. The maximum atomic E-state index is 5.96. The van der Waals surface area contributed by atoms with Crippen LogP contribution in [0.15, 0.2) is 15.0 Å². The number of furan rings is 1. The second kappa shape index (κ2) is 5.54. The van der Waals surface area contributed by atoms with E-state index in [1.54, 1.807) is 0 Å². The van der Waals surface area contributed by atoms with Crippen molar-refractivity contribution < 1.29 is 8.94 Å². The van der Waals surface area contributed by atoms with Crippen molar-refractivity contribution in [2.75, 3.05) is 6.54 Å². The van der Waals surface area contributed by atoms with Gasteiger partial charge in [0.2, 0.25) is 5.89 Å². The van der Waals surface area contributed by atoms with Gasteiger partial charge in [-0.1, -0.05) is 25.9 Å². The van der Waals surface area contributed by atoms with E-state index in [1.807, 2.05) is 13.8 Å². The molecule has 0 amide bonds. The molecule has 0 spiro atoms. The fraction of sp³-hybridized carbons (Fsp3) is 0.647. The average molecular weight is 303 g/mol. The fourth-order valence-electron chi connectivity index (χ4n) is 3.02.